The number of amides is 1. The Bertz CT molecular complexity index is 1220. The van der Waals surface area contributed by atoms with Crippen molar-refractivity contribution < 1.29 is 27.2 Å². The molecule has 4 rings (SSSR count). The van der Waals surface area contributed by atoms with E-state index in [2.05, 4.69) is 10.1 Å². The van der Waals surface area contributed by atoms with Gasteiger partial charge in [0.05, 0.1) is 24.0 Å². The average Bonchev–Trinajstić information content (AvgIpc) is 3.14. The van der Waals surface area contributed by atoms with Gasteiger partial charge in [-0.05, 0) is 43.7 Å². The highest BCUT2D eigenvalue weighted by Gasteiger charge is 2.36. The number of pyridine rings is 1. The van der Waals surface area contributed by atoms with Crippen LogP contribution < -0.4 is 4.90 Å². The fourth-order valence-electron chi connectivity index (χ4n) is 3.84. The van der Waals surface area contributed by atoms with Gasteiger partial charge < -0.3 is 4.90 Å². The topological polar surface area (TPSA) is 68.1 Å². The molecule has 0 spiro atoms. The molecule has 3 heterocycles. The number of carbonyl (C=O) groups excluding carboxylic acids is 2. The van der Waals surface area contributed by atoms with Gasteiger partial charge in [-0.15, -0.1) is 0 Å². The second-order valence-electron chi connectivity index (χ2n) is 7.72. The molecule has 1 aliphatic rings. The Hall–Kier alpha value is -3.56. The molecule has 1 aromatic carbocycles. The monoisotopic (exact) mass is 446 g/mol. The SMILES string of the molecule is Cc1cc(N2C[C@H](C)n3ncc(CC(=O)c4cncc(F)c4)c3C2=O)ccc1C(F)(F)F. The first-order valence-electron chi connectivity index (χ1n) is 9.76. The molecule has 0 saturated heterocycles. The van der Waals surface area contributed by atoms with Crippen LogP contribution in [0.15, 0.2) is 42.9 Å². The van der Waals surface area contributed by atoms with Crippen LogP contribution in [-0.4, -0.2) is 33.0 Å². The van der Waals surface area contributed by atoms with Crippen LogP contribution in [0.4, 0.5) is 23.2 Å². The summed E-state index contributed by atoms with van der Waals surface area (Å²) in [5, 5.41) is 4.22. The highest BCUT2D eigenvalue weighted by molar-refractivity contribution is 6.08. The van der Waals surface area contributed by atoms with Gasteiger partial charge >= 0.3 is 6.18 Å². The maximum absolute atomic E-state index is 13.4. The van der Waals surface area contributed by atoms with Crippen molar-refractivity contribution in [1.82, 2.24) is 14.8 Å². The molecule has 10 heteroatoms. The van der Waals surface area contributed by atoms with Crippen molar-refractivity contribution in [1.29, 1.82) is 0 Å². The van der Waals surface area contributed by atoms with Crippen molar-refractivity contribution in [2.45, 2.75) is 32.5 Å². The van der Waals surface area contributed by atoms with E-state index in [1.165, 1.54) is 41.0 Å². The van der Waals surface area contributed by atoms with Crippen molar-refractivity contribution in [3.63, 3.8) is 0 Å². The van der Waals surface area contributed by atoms with E-state index < -0.39 is 29.2 Å². The molecule has 1 atom stereocenters. The van der Waals surface area contributed by atoms with Crippen LogP contribution in [-0.2, 0) is 12.6 Å². The summed E-state index contributed by atoms with van der Waals surface area (Å²) in [7, 11) is 0. The number of hydrogen-bond donors (Lipinski definition) is 0. The molecule has 2 aromatic heterocycles. The fraction of sp³-hybridized carbons (Fsp3) is 0.273. The van der Waals surface area contributed by atoms with Gasteiger partial charge in [-0.2, -0.15) is 18.3 Å². The summed E-state index contributed by atoms with van der Waals surface area (Å²) in [6.07, 6.45) is -1.05. The summed E-state index contributed by atoms with van der Waals surface area (Å²) >= 11 is 0. The van der Waals surface area contributed by atoms with Gasteiger partial charge in [-0.1, -0.05) is 0 Å². The van der Waals surface area contributed by atoms with Crippen LogP contribution in [0.2, 0.25) is 0 Å². The van der Waals surface area contributed by atoms with E-state index in [1.54, 1.807) is 0 Å². The molecular weight excluding hydrogens is 428 g/mol. The Morgan fingerprint density at radius 1 is 1.19 bits per heavy atom. The number of anilines is 1. The van der Waals surface area contributed by atoms with Gasteiger partial charge in [0.1, 0.15) is 11.5 Å². The summed E-state index contributed by atoms with van der Waals surface area (Å²) in [5.74, 6) is -1.56. The molecule has 32 heavy (non-hydrogen) atoms. The highest BCUT2D eigenvalue weighted by Crippen LogP contribution is 2.35. The van der Waals surface area contributed by atoms with Crippen molar-refractivity contribution in [3.8, 4) is 0 Å². The van der Waals surface area contributed by atoms with Gasteiger partial charge in [0.15, 0.2) is 5.78 Å². The lowest BCUT2D eigenvalue weighted by Gasteiger charge is -2.32. The Kier molecular flexibility index (Phi) is 5.31. The smallest absolute Gasteiger partial charge is 0.305 e. The molecule has 0 radical (unpaired) electrons. The zero-order valence-corrected chi connectivity index (χ0v) is 17.2. The molecule has 6 nitrogen and oxygen atoms in total. The first-order valence-corrected chi connectivity index (χ1v) is 9.76. The third-order valence-corrected chi connectivity index (χ3v) is 5.39. The molecule has 0 unspecified atom stereocenters. The van der Waals surface area contributed by atoms with E-state index in [9.17, 15) is 27.2 Å². The van der Waals surface area contributed by atoms with Crippen LogP contribution in [0.25, 0.3) is 0 Å². The standard InChI is InChI=1S/C22H18F4N4O2/c1-12-5-17(3-4-18(12)22(24,25)26)29-11-13(2)30-20(21(29)32)15(9-28-30)7-19(31)14-6-16(23)10-27-8-14/h3-6,8-10,13H,7,11H2,1-2H3/t13-/m0/s1. The summed E-state index contributed by atoms with van der Waals surface area (Å²) in [5.41, 5.74) is 0.161. The largest absolute Gasteiger partial charge is 0.416 e. The lowest BCUT2D eigenvalue weighted by molar-refractivity contribution is -0.138. The van der Waals surface area contributed by atoms with Crippen LogP contribution in [0.3, 0.4) is 0 Å². The van der Waals surface area contributed by atoms with Crippen molar-refractivity contribution in [2.24, 2.45) is 0 Å². The third kappa shape index (κ3) is 3.88. The number of benzene rings is 1. The Balaban J connectivity index is 1.66. The van der Waals surface area contributed by atoms with Crippen molar-refractivity contribution in [2.75, 3.05) is 11.4 Å². The van der Waals surface area contributed by atoms with Crippen LogP contribution in [0.1, 0.15) is 50.5 Å². The number of hydrogen-bond acceptors (Lipinski definition) is 4. The molecule has 0 bridgehead atoms. The van der Waals surface area contributed by atoms with Crippen LogP contribution in [0.5, 0.6) is 0 Å². The minimum atomic E-state index is -4.49. The van der Waals surface area contributed by atoms with E-state index in [1.807, 2.05) is 6.92 Å². The first kappa shape index (κ1) is 21.7. The number of nitrogens with zero attached hydrogens (tertiary/aromatic N) is 4. The number of Topliss-reactive ketones (excluding diaryl/α,β-unsaturated/α-hetero) is 1. The van der Waals surface area contributed by atoms with Gasteiger partial charge in [0.25, 0.3) is 5.91 Å². The number of halogens is 4. The third-order valence-electron chi connectivity index (χ3n) is 5.39. The number of aryl methyl sites for hydroxylation is 1. The zero-order valence-electron chi connectivity index (χ0n) is 17.2. The zero-order chi connectivity index (χ0) is 23.2. The Morgan fingerprint density at radius 2 is 1.94 bits per heavy atom. The van der Waals surface area contributed by atoms with Crippen molar-refractivity contribution >= 4 is 17.4 Å². The van der Waals surface area contributed by atoms with Crippen molar-refractivity contribution in [3.05, 3.63) is 76.6 Å². The number of ketones is 1. The first-order chi connectivity index (χ1) is 15.1. The lowest BCUT2D eigenvalue weighted by atomic mass is 10.0. The fourth-order valence-corrected chi connectivity index (χ4v) is 3.84. The second kappa shape index (κ2) is 7.85. The molecular formula is C22H18F4N4O2. The maximum Gasteiger partial charge on any atom is 0.416 e. The van der Waals surface area contributed by atoms with E-state index in [4.69, 9.17) is 0 Å². The molecule has 1 amide bonds. The normalized spacial score (nSPS) is 16.2. The van der Waals surface area contributed by atoms with E-state index in [0.717, 1.165) is 18.3 Å². The quantitative estimate of drug-likeness (QED) is 0.440. The Labute approximate surface area is 180 Å². The highest BCUT2D eigenvalue weighted by atomic mass is 19.4. The van der Waals surface area contributed by atoms with Gasteiger partial charge in [-0.25, -0.2) is 4.39 Å². The summed E-state index contributed by atoms with van der Waals surface area (Å²) < 4.78 is 54.2. The van der Waals surface area contributed by atoms with E-state index >= 15 is 0 Å². The number of aromatic nitrogens is 3. The van der Waals surface area contributed by atoms with Gasteiger partial charge in [0.2, 0.25) is 0 Å². The molecule has 0 N–H and O–H groups in total. The lowest BCUT2D eigenvalue weighted by Crippen LogP contribution is -2.43. The maximum atomic E-state index is 13.4. The number of fused-ring (bicyclic) bond motifs is 1. The summed E-state index contributed by atoms with van der Waals surface area (Å²) in [6.45, 7) is 3.36. The molecule has 166 valence electrons. The summed E-state index contributed by atoms with van der Waals surface area (Å²) in [4.78, 5) is 30.9. The minimum Gasteiger partial charge on any atom is -0.305 e. The van der Waals surface area contributed by atoms with Gasteiger partial charge in [-0.3, -0.25) is 19.3 Å². The molecule has 3 aromatic rings. The van der Waals surface area contributed by atoms with Gasteiger partial charge in [0, 0.05) is 36.0 Å². The average molecular weight is 446 g/mol. The Morgan fingerprint density at radius 3 is 2.59 bits per heavy atom. The second-order valence-corrected chi connectivity index (χ2v) is 7.72. The predicted octanol–water partition coefficient (Wildman–Crippen LogP) is 4.39. The minimum absolute atomic E-state index is 0.00328. The van der Waals surface area contributed by atoms with Crippen LogP contribution >= 0.6 is 0 Å². The molecule has 1 aliphatic heterocycles. The molecule has 0 aliphatic carbocycles. The molecule has 0 fully saturated rings. The molecule has 0 saturated carbocycles. The number of rotatable bonds is 4. The summed E-state index contributed by atoms with van der Waals surface area (Å²) in [6, 6.07) is 4.33. The van der Waals surface area contributed by atoms with Crippen LogP contribution in [0, 0.1) is 12.7 Å². The number of alkyl halides is 3. The van der Waals surface area contributed by atoms with E-state index in [0.29, 0.717) is 11.3 Å². The number of carbonyl (C=O) groups is 2. The predicted molar refractivity (Wildman–Crippen MR) is 107 cm³/mol. The van der Waals surface area contributed by atoms with E-state index in [-0.39, 0.29) is 35.8 Å².